The molecule has 0 atom stereocenters. The quantitative estimate of drug-likeness (QED) is 0.498. The fourth-order valence-corrected chi connectivity index (χ4v) is 3.35. The second-order valence-electron chi connectivity index (χ2n) is 5.80. The number of amides is 1. The molecule has 0 bridgehead atoms. The van der Waals surface area contributed by atoms with Crippen molar-refractivity contribution in [2.24, 2.45) is 7.05 Å². The third-order valence-corrected chi connectivity index (χ3v) is 4.95. The second-order valence-corrected chi connectivity index (χ2v) is 6.75. The molecule has 2 aromatic carbocycles. The Morgan fingerprint density at radius 2 is 1.93 bits per heavy atom. The van der Waals surface area contributed by atoms with Gasteiger partial charge in [0, 0.05) is 18.1 Å². The molecule has 0 unspecified atom stereocenters. The van der Waals surface area contributed by atoms with E-state index in [1.807, 2.05) is 42.5 Å². The molecule has 1 aromatic heterocycles. The Kier molecular flexibility index (Phi) is 6.08. The molecule has 140 valence electrons. The van der Waals surface area contributed by atoms with Gasteiger partial charge in [-0.05, 0) is 18.4 Å². The lowest BCUT2D eigenvalue weighted by molar-refractivity contribution is -0.142. The van der Waals surface area contributed by atoms with Crippen molar-refractivity contribution < 1.29 is 14.3 Å². The molecule has 7 nitrogen and oxygen atoms in total. The van der Waals surface area contributed by atoms with Gasteiger partial charge >= 0.3 is 5.97 Å². The van der Waals surface area contributed by atoms with Gasteiger partial charge in [0.25, 0.3) is 0 Å². The number of esters is 1. The summed E-state index contributed by atoms with van der Waals surface area (Å²) in [6.45, 7) is 2.08. The number of nitrogens with zero attached hydrogens (tertiary/aromatic N) is 3. The molecular weight excluding hydrogens is 364 g/mol. The molecule has 0 saturated carbocycles. The van der Waals surface area contributed by atoms with Crippen LogP contribution in [0.25, 0.3) is 10.8 Å². The van der Waals surface area contributed by atoms with Gasteiger partial charge in [0.15, 0.2) is 5.16 Å². The van der Waals surface area contributed by atoms with Crippen molar-refractivity contribution >= 4 is 40.1 Å². The fraction of sp³-hybridized carbons (Fsp3) is 0.263. The van der Waals surface area contributed by atoms with E-state index < -0.39 is 0 Å². The first-order valence-electron chi connectivity index (χ1n) is 8.52. The Morgan fingerprint density at radius 1 is 1.15 bits per heavy atom. The van der Waals surface area contributed by atoms with E-state index in [0.717, 1.165) is 16.5 Å². The molecule has 0 saturated heterocycles. The first kappa shape index (κ1) is 18.9. The van der Waals surface area contributed by atoms with Crippen LogP contribution in [0.2, 0.25) is 0 Å². The summed E-state index contributed by atoms with van der Waals surface area (Å²) in [5.41, 5.74) is 0.777. The summed E-state index contributed by atoms with van der Waals surface area (Å²) in [7, 11) is 1.76. The average Bonchev–Trinajstić information content (AvgIpc) is 3.00. The second kappa shape index (κ2) is 8.68. The fourth-order valence-electron chi connectivity index (χ4n) is 2.62. The van der Waals surface area contributed by atoms with Crippen LogP contribution in [0, 0.1) is 0 Å². The van der Waals surface area contributed by atoms with Crippen LogP contribution < -0.4 is 5.32 Å². The highest BCUT2D eigenvalue weighted by Gasteiger charge is 2.15. The summed E-state index contributed by atoms with van der Waals surface area (Å²) in [5.74, 6) is 0.212. The predicted octanol–water partition coefficient (Wildman–Crippen LogP) is 2.80. The van der Waals surface area contributed by atoms with Crippen LogP contribution >= 0.6 is 11.8 Å². The van der Waals surface area contributed by atoms with E-state index in [1.54, 1.807) is 18.5 Å². The van der Waals surface area contributed by atoms with Gasteiger partial charge in [0.1, 0.15) is 12.2 Å². The van der Waals surface area contributed by atoms with Crippen molar-refractivity contribution in [1.29, 1.82) is 0 Å². The molecule has 27 heavy (non-hydrogen) atoms. The first-order chi connectivity index (χ1) is 13.1. The zero-order valence-corrected chi connectivity index (χ0v) is 16.0. The first-order valence-corrected chi connectivity index (χ1v) is 9.51. The van der Waals surface area contributed by atoms with Gasteiger partial charge in [-0.2, -0.15) is 0 Å². The summed E-state index contributed by atoms with van der Waals surface area (Å²) < 4.78 is 6.62. The maximum Gasteiger partial charge on any atom is 0.313 e. The van der Waals surface area contributed by atoms with Crippen molar-refractivity contribution in [3.05, 3.63) is 48.3 Å². The van der Waals surface area contributed by atoms with Crippen molar-refractivity contribution in [2.45, 2.75) is 18.5 Å². The van der Waals surface area contributed by atoms with Gasteiger partial charge in [0.2, 0.25) is 5.91 Å². The zero-order valence-electron chi connectivity index (χ0n) is 15.1. The minimum absolute atomic E-state index is 0.0557. The molecule has 0 aliphatic rings. The number of rotatable bonds is 7. The number of anilines is 1. The summed E-state index contributed by atoms with van der Waals surface area (Å²) in [4.78, 5) is 23.9. The molecule has 0 aliphatic heterocycles. The van der Waals surface area contributed by atoms with E-state index in [4.69, 9.17) is 4.74 Å². The third kappa shape index (κ3) is 4.65. The van der Waals surface area contributed by atoms with Crippen LogP contribution in [0.5, 0.6) is 0 Å². The molecule has 1 heterocycles. The third-order valence-electron chi connectivity index (χ3n) is 3.93. The van der Waals surface area contributed by atoms with E-state index in [0.29, 0.717) is 17.6 Å². The lowest BCUT2D eigenvalue weighted by Crippen LogP contribution is -2.15. The Morgan fingerprint density at radius 3 is 2.74 bits per heavy atom. The average molecular weight is 384 g/mol. The normalized spacial score (nSPS) is 10.7. The summed E-state index contributed by atoms with van der Waals surface area (Å²) in [6, 6.07) is 13.7. The van der Waals surface area contributed by atoms with Crippen LogP contribution in [0.3, 0.4) is 0 Å². The molecule has 3 aromatic rings. The van der Waals surface area contributed by atoms with Crippen molar-refractivity contribution in [3.8, 4) is 0 Å². The molecule has 1 amide bonds. The van der Waals surface area contributed by atoms with E-state index in [-0.39, 0.29) is 24.1 Å². The van der Waals surface area contributed by atoms with Crippen LogP contribution in [0.1, 0.15) is 12.7 Å². The molecule has 3 rings (SSSR count). The number of aromatic nitrogens is 3. The number of carbonyl (C=O) groups excluding carboxylic acids is 2. The number of hydrogen-bond acceptors (Lipinski definition) is 6. The van der Waals surface area contributed by atoms with Crippen LogP contribution in [-0.2, 0) is 27.8 Å². The number of fused-ring (bicyclic) bond motifs is 1. The molecule has 0 aliphatic carbocycles. The number of ether oxygens (including phenoxy) is 1. The van der Waals surface area contributed by atoms with E-state index in [1.165, 1.54) is 11.8 Å². The van der Waals surface area contributed by atoms with Crippen molar-refractivity contribution in [1.82, 2.24) is 14.8 Å². The van der Waals surface area contributed by atoms with E-state index >= 15 is 0 Å². The minimum atomic E-state index is -0.349. The van der Waals surface area contributed by atoms with E-state index in [9.17, 15) is 9.59 Å². The SMILES string of the molecule is CCOC(=O)Cc1nnc(SCC(=O)Nc2cccc3ccccc23)n1C. The summed E-state index contributed by atoms with van der Waals surface area (Å²) in [6.07, 6.45) is 0.0557. The number of hydrogen-bond donors (Lipinski definition) is 1. The van der Waals surface area contributed by atoms with Gasteiger partial charge in [-0.15, -0.1) is 10.2 Å². The number of carbonyl (C=O) groups is 2. The highest BCUT2D eigenvalue weighted by Crippen LogP contribution is 2.23. The predicted molar refractivity (Wildman–Crippen MR) is 105 cm³/mol. The van der Waals surface area contributed by atoms with Crippen LogP contribution in [0.4, 0.5) is 5.69 Å². The highest BCUT2D eigenvalue weighted by molar-refractivity contribution is 7.99. The molecule has 8 heteroatoms. The number of benzene rings is 2. The topological polar surface area (TPSA) is 86.1 Å². The Bertz CT molecular complexity index is 965. The smallest absolute Gasteiger partial charge is 0.313 e. The molecule has 0 fully saturated rings. The van der Waals surface area contributed by atoms with E-state index in [2.05, 4.69) is 15.5 Å². The van der Waals surface area contributed by atoms with Gasteiger partial charge in [0.05, 0.1) is 12.4 Å². The molecule has 1 N–H and O–H groups in total. The van der Waals surface area contributed by atoms with Crippen molar-refractivity contribution in [2.75, 3.05) is 17.7 Å². The van der Waals surface area contributed by atoms with Crippen LogP contribution in [0.15, 0.2) is 47.6 Å². The number of thioether (sulfide) groups is 1. The summed E-state index contributed by atoms with van der Waals surface area (Å²) in [5, 5.41) is 13.6. The highest BCUT2D eigenvalue weighted by atomic mass is 32.2. The van der Waals surface area contributed by atoms with Crippen LogP contribution in [-0.4, -0.2) is 39.0 Å². The van der Waals surface area contributed by atoms with Crippen molar-refractivity contribution in [3.63, 3.8) is 0 Å². The zero-order chi connectivity index (χ0) is 19.2. The molecule has 0 spiro atoms. The standard InChI is InChI=1S/C19H20N4O3S/c1-3-26-18(25)11-16-21-22-19(23(16)2)27-12-17(24)20-15-10-6-8-13-7-4-5-9-14(13)15/h4-10H,3,11-12H2,1-2H3,(H,20,24). The maximum absolute atomic E-state index is 12.3. The lowest BCUT2D eigenvalue weighted by atomic mass is 10.1. The Hall–Kier alpha value is -2.87. The monoisotopic (exact) mass is 384 g/mol. The molecular formula is C19H20N4O3S. The number of nitrogens with one attached hydrogen (secondary N) is 1. The molecule has 0 radical (unpaired) electrons. The van der Waals surface area contributed by atoms with Gasteiger partial charge < -0.3 is 14.6 Å². The largest absolute Gasteiger partial charge is 0.466 e. The summed E-state index contributed by atoms with van der Waals surface area (Å²) >= 11 is 1.27. The Labute approximate surface area is 161 Å². The lowest BCUT2D eigenvalue weighted by Gasteiger charge is -2.08. The minimum Gasteiger partial charge on any atom is -0.466 e. The maximum atomic E-state index is 12.3. The Balaban J connectivity index is 1.61. The van der Waals surface area contributed by atoms with Gasteiger partial charge in [-0.3, -0.25) is 9.59 Å². The van der Waals surface area contributed by atoms with Gasteiger partial charge in [-0.25, -0.2) is 0 Å². The van der Waals surface area contributed by atoms with Gasteiger partial charge in [-0.1, -0.05) is 48.2 Å².